The number of primary amides is 1. The van der Waals surface area contributed by atoms with Crippen molar-refractivity contribution in [3.63, 3.8) is 0 Å². The zero-order chi connectivity index (χ0) is 56.9. The SMILES string of the molecule is N=C(N)NCC/C=C(\NC(=O)[C@H](CCCCN)NC(=O)[C@H](Cc1cnc[nH]1)NC(=O)[C@@H]1CCCN1C(=O)/C(CCCN)=N/C(=O)CNC(=O)[C@H](Cc1cnc[nH]1)NC(=O)[C@@H](NC(=O)[C@@H](N)CCCCN)[C@@H](O)CN)C(N)=O. The van der Waals surface area contributed by atoms with E-state index in [1.807, 2.05) is 0 Å². The number of carbonyl (C=O) groups excluding carboxylic acids is 9. The van der Waals surface area contributed by atoms with E-state index in [2.05, 4.69) is 62.1 Å². The van der Waals surface area contributed by atoms with Crippen molar-refractivity contribution in [1.29, 1.82) is 5.41 Å². The van der Waals surface area contributed by atoms with Crippen molar-refractivity contribution in [3.05, 3.63) is 48.2 Å². The first kappa shape index (κ1) is 63.6. The number of guanidine groups is 1. The van der Waals surface area contributed by atoms with Crippen LogP contribution in [0.5, 0.6) is 0 Å². The van der Waals surface area contributed by atoms with Gasteiger partial charge in [-0.3, -0.25) is 48.6 Å². The molecule has 31 nitrogen and oxygen atoms in total. The number of hydrogen-bond donors (Lipinski definition) is 18. The predicted molar refractivity (Wildman–Crippen MR) is 280 cm³/mol. The standard InChI is InChI=1S/C46H77N21O10/c47-13-3-1-8-28(51)39(71)66-37(35(68)20-50)44(76)65-32(18-26-21-55-24-59-26)40(72)58-23-36(69)61-31(10-5-15-49)45(77)67-17-7-12-34(67)43(75)64-33(19-27-22-56-25-60-27)42(74)63-30(9-2-4-14-48)41(73)62-29(38(52)70)11-6-16-57-46(53)54/h11,21-22,24-25,28,30,32-35,37,68H,1-10,12-20,23,47-51H2,(H2,52,70)(H,55,59)(H,56,60)(H,58,72)(H,62,73)(H,63,74)(H,64,75)(H,65,76)(H,66,71)(H4,53,54,57)/b29-11-,61-31+/t28-,30-,32-,33-,34-,35-,37-/m0/s1. The Hall–Kier alpha value is -7.71. The highest BCUT2D eigenvalue weighted by atomic mass is 16.3. The number of carbonyl (C=O) groups is 9. The fraction of sp³-hybridized carbons (Fsp3) is 0.587. The first-order valence-corrected chi connectivity index (χ1v) is 25.3. The highest BCUT2D eigenvalue weighted by molar-refractivity contribution is 6.40. The van der Waals surface area contributed by atoms with Crippen molar-refractivity contribution < 1.29 is 48.3 Å². The van der Waals surface area contributed by atoms with E-state index in [0.717, 1.165) is 0 Å². The zero-order valence-electron chi connectivity index (χ0n) is 43.0. The third kappa shape index (κ3) is 22.2. The second-order valence-electron chi connectivity index (χ2n) is 18.0. The molecular weight excluding hydrogens is 1010 g/mol. The molecule has 0 spiro atoms. The third-order valence-corrected chi connectivity index (χ3v) is 12.0. The molecule has 1 saturated heterocycles. The van der Waals surface area contributed by atoms with Gasteiger partial charge >= 0.3 is 0 Å². The lowest BCUT2D eigenvalue weighted by atomic mass is 10.1. The molecule has 426 valence electrons. The van der Waals surface area contributed by atoms with Crippen molar-refractivity contribution in [2.24, 2.45) is 45.1 Å². The van der Waals surface area contributed by atoms with Crippen LogP contribution in [0, 0.1) is 5.41 Å². The number of likely N-dealkylation sites (tertiary alicyclic amines) is 1. The summed E-state index contributed by atoms with van der Waals surface area (Å²) in [4.78, 5) is 141. The van der Waals surface area contributed by atoms with Gasteiger partial charge in [0.15, 0.2) is 5.96 Å². The summed E-state index contributed by atoms with van der Waals surface area (Å²) >= 11 is 0. The summed E-state index contributed by atoms with van der Waals surface area (Å²) in [6.07, 6.45) is 7.97. The van der Waals surface area contributed by atoms with Crippen LogP contribution in [-0.2, 0) is 56.0 Å². The van der Waals surface area contributed by atoms with Gasteiger partial charge in [0.1, 0.15) is 41.6 Å². The molecule has 7 atom stereocenters. The number of aromatic amines is 2. The maximum absolute atomic E-state index is 14.2. The Morgan fingerprint density at radius 1 is 0.766 bits per heavy atom. The van der Waals surface area contributed by atoms with Crippen LogP contribution in [0.15, 0.2) is 41.8 Å². The normalized spacial score (nSPS) is 15.9. The highest BCUT2D eigenvalue weighted by Crippen LogP contribution is 2.20. The molecule has 9 amide bonds. The number of nitrogens with two attached hydrogens (primary N) is 7. The van der Waals surface area contributed by atoms with Gasteiger partial charge in [0.25, 0.3) is 17.7 Å². The van der Waals surface area contributed by atoms with Gasteiger partial charge in [0, 0.05) is 56.3 Å². The molecule has 31 heteroatoms. The average molecular weight is 1080 g/mol. The van der Waals surface area contributed by atoms with Crippen molar-refractivity contribution in [2.45, 2.75) is 126 Å². The predicted octanol–water partition coefficient (Wildman–Crippen LogP) is -7.07. The molecule has 0 radical (unpaired) electrons. The van der Waals surface area contributed by atoms with Gasteiger partial charge < -0.3 is 97.3 Å². The van der Waals surface area contributed by atoms with Crippen LogP contribution in [0.3, 0.4) is 0 Å². The van der Waals surface area contributed by atoms with E-state index in [4.69, 9.17) is 45.5 Å². The minimum absolute atomic E-state index is 0.0559. The molecule has 2 aromatic rings. The quantitative estimate of drug-likeness (QED) is 0.0132. The number of H-pyrrole nitrogens is 2. The number of aliphatic hydroxyl groups excluding tert-OH is 1. The molecule has 2 aromatic heterocycles. The number of aromatic nitrogens is 4. The molecule has 1 aliphatic rings. The van der Waals surface area contributed by atoms with E-state index < -0.39 is 109 Å². The molecule has 1 fully saturated rings. The number of rotatable bonds is 35. The molecule has 0 aromatic carbocycles. The summed E-state index contributed by atoms with van der Waals surface area (Å²) in [5.74, 6) is -8.01. The fourth-order valence-corrected chi connectivity index (χ4v) is 7.85. The summed E-state index contributed by atoms with van der Waals surface area (Å²) in [5, 5.41) is 35.6. The number of aliphatic hydroxyl groups is 1. The van der Waals surface area contributed by atoms with Gasteiger partial charge in [-0.05, 0) is 83.8 Å². The van der Waals surface area contributed by atoms with Crippen LogP contribution in [0.1, 0.15) is 82.0 Å². The van der Waals surface area contributed by atoms with Crippen LogP contribution < -0.4 is 77.4 Å². The molecule has 0 bridgehead atoms. The molecule has 3 rings (SSSR count). The summed E-state index contributed by atoms with van der Waals surface area (Å²) in [5.41, 5.74) is 39.8. The fourth-order valence-electron chi connectivity index (χ4n) is 7.85. The lowest BCUT2D eigenvalue weighted by Gasteiger charge is -2.27. The van der Waals surface area contributed by atoms with Crippen LogP contribution >= 0.6 is 0 Å². The van der Waals surface area contributed by atoms with Gasteiger partial charge in [0.2, 0.25) is 35.4 Å². The number of imidazole rings is 2. The Labute approximate surface area is 444 Å². The van der Waals surface area contributed by atoms with E-state index in [1.165, 1.54) is 36.0 Å². The molecule has 25 N–H and O–H groups in total. The van der Waals surface area contributed by atoms with E-state index >= 15 is 0 Å². The number of hydrogen-bond acceptors (Lipinski definition) is 18. The van der Waals surface area contributed by atoms with Gasteiger partial charge in [-0.2, -0.15) is 0 Å². The van der Waals surface area contributed by atoms with Gasteiger partial charge in [-0.15, -0.1) is 0 Å². The van der Waals surface area contributed by atoms with Crippen molar-refractivity contribution in [3.8, 4) is 0 Å². The Morgan fingerprint density at radius 2 is 1.38 bits per heavy atom. The van der Waals surface area contributed by atoms with Gasteiger partial charge in [-0.25, -0.2) is 15.0 Å². The van der Waals surface area contributed by atoms with E-state index in [0.29, 0.717) is 50.0 Å². The molecule has 3 heterocycles. The number of amides is 9. The first-order chi connectivity index (χ1) is 36.8. The molecule has 77 heavy (non-hydrogen) atoms. The first-order valence-electron chi connectivity index (χ1n) is 25.3. The van der Waals surface area contributed by atoms with Crippen molar-refractivity contribution >= 4 is 64.8 Å². The Bertz CT molecular complexity index is 2330. The lowest BCUT2D eigenvalue weighted by Crippen LogP contribution is -2.61. The second-order valence-corrected chi connectivity index (χ2v) is 18.0. The van der Waals surface area contributed by atoms with Crippen LogP contribution in [0.2, 0.25) is 0 Å². The Kier molecular flexibility index (Phi) is 28.1. The van der Waals surface area contributed by atoms with Crippen LogP contribution in [0.25, 0.3) is 0 Å². The topological polar surface area (TPSA) is 537 Å². The minimum atomic E-state index is -1.63. The van der Waals surface area contributed by atoms with E-state index in [1.54, 1.807) is 0 Å². The number of aliphatic imine (C=N–C) groups is 1. The summed E-state index contributed by atoms with van der Waals surface area (Å²) in [6.45, 7) is -0.255. The Morgan fingerprint density at radius 3 is 1.95 bits per heavy atom. The third-order valence-electron chi connectivity index (χ3n) is 12.0. The van der Waals surface area contributed by atoms with Crippen molar-refractivity contribution in [1.82, 2.24) is 62.1 Å². The average Bonchev–Trinajstić information content (AvgIpc) is 4.23. The van der Waals surface area contributed by atoms with Crippen LogP contribution in [0.4, 0.5) is 0 Å². The van der Waals surface area contributed by atoms with Gasteiger partial charge in [0.05, 0.1) is 31.3 Å². The van der Waals surface area contributed by atoms with Crippen molar-refractivity contribution in [2.75, 3.05) is 45.8 Å². The summed E-state index contributed by atoms with van der Waals surface area (Å²) in [6, 6.07) is -7.85. The largest absolute Gasteiger partial charge is 0.389 e. The highest BCUT2D eigenvalue weighted by Gasteiger charge is 2.39. The summed E-state index contributed by atoms with van der Waals surface area (Å²) in [7, 11) is 0. The lowest BCUT2D eigenvalue weighted by molar-refractivity contribution is -0.136. The van der Waals surface area contributed by atoms with E-state index in [-0.39, 0.29) is 94.9 Å². The van der Waals surface area contributed by atoms with Gasteiger partial charge in [-0.1, -0.05) is 12.5 Å². The zero-order valence-corrected chi connectivity index (χ0v) is 43.0. The monoisotopic (exact) mass is 1080 g/mol. The molecule has 0 saturated carbocycles. The molecular formula is C46H77N21O10. The number of unbranched alkanes of at least 4 members (excludes halogenated alkanes) is 2. The van der Waals surface area contributed by atoms with E-state index in [9.17, 15) is 48.3 Å². The number of nitrogens with one attached hydrogen (secondary N) is 10. The second kappa shape index (κ2) is 34.1. The number of nitrogens with zero attached hydrogens (tertiary/aromatic N) is 4. The smallest absolute Gasteiger partial charge is 0.269 e. The summed E-state index contributed by atoms with van der Waals surface area (Å²) < 4.78 is 0. The maximum atomic E-state index is 14.2. The molecule has 0 aliphatic carbocycles. The molecule has 0 unspecified atom stereocenters. The molecule has 1 aliphatic heterocycles. The van der Waals surface area contributed by atoms with Crippen LogP contribution in [-0.4, -0.2) is 183 Å². The minimum Gasteiger partial charge on any atom is -0.389 e. The Balaban J connectivity index is 1.81. The maximum Gasteiger partial charge on any atom is 0.269 e.